The topological polar surface area (TPSA) is 20.2 Å². The van der Waals surface area contributed by atoms with Crippen molar-refractivity contribution < 1.29 is 5.11 Å². The summed E-state index contributed by atoms with van der Waals surface area (Å²) in [7, 11) is 0. The fraction of sp³-hybridized carbons (Fsp3) is 1.00. The van der Waals surface area contributed by atoms with Gasteiger partial charge in [0, 0.05) is 0 Å². The molecule has 5 aliphatic rings. The van der Waals surface area contributed by atoms with Crippen LogP contribution in [0.4, 0.5) is 0 Å². The van der Waals surface area contributed by atoms with Gasteiger partial charge in [0.15, 0.2) is 0 Å². The highest BCUT2D eigenvalue weighted by Crippen LogP contribution is 2.67. The quantitative estimate of drug-likeness (QED) is 0.685. The van der Waals surface area contributed by atoms with Crippen molar-refractivity contribution in [2.24, 2.45) is 46.8 Å². The van der Waals surface area contributed by atoms with Gasteiger partial charge >= 0.3 is 0 Å². The van der Waals surface area contributed by atoms with Crippen LogP contribution in [0.25, 0.3) is 0 Å². The molecule has 0 bridgehead atoms. The van der Waals surface area contributed by atoms with Crippen LogP contribution in [0.1, 0.15) is 84.0 Å². The standard InChI is InChI=1S/C22H36O/c1-22-13-12-18-17-9-7-16(23)6-4-14(17)5-8-19(18)21(22)11-10-20(22)15-2-3-15/h14-21,23H,2-13H2,1H3/t14?,16-,17-,18?,19?,20-,21?,22-/m1/s1. The Kier molecular flexibility index (Phi) is 3.63. The molecule has 0 spiro atoms. The van der Waals surface area contributed by atoms with E-state index in [2.05, 4.69) is 6.92 Å². The van der Waals surface area contributed by atoms with Crippen molar-refractivity contribution in [3.05, 3.63) is 0 Å². The summed E-state index contributed by atoms with van der Waals surface area (Å²) in [6.45, 7) is 2.70. The van der Waals surface area contributed by atoms with Crippen LogP contribution < -0.4 is 0 Å². The van der Waals surface area contributed by atoms with Crippen molar-refractivity contribution in [3.8, 4) is 0 Å². The normalized spacial score (nSPS) is 56.3. The van der Waals surface area contributed by atoms with E-state index in [1.807, 2.05) is 0 Å². The molecule has 0 radical (unpaired) electrons. The van der Waals surface area contributed by atoms with Crippen molar-refractivity contribution in [2.45, 2.75) is 90.1 Å². The van der Waals surface area contributed by atoms with E-state index in [1.165, 1.54) is 38.5 Å². The van der Waals surface area contributed by atoms with Crippen molar-refractivity contribution in [3.63, 3.8) is 0 Å². The average Bonchev–Trinajstić information content (AvgIpc) is 3.34. The first-order chi connectivity index (χ1) is 11.2. The molecule has 0 heterocycles. The number of hydrogen-bond acceptors (Lipinski definition) is 1. The van der Waals surface area contributed by atoms with Crippen molar-refractivity contribution in [1.29, 1.82) is 0 Å². The predicted octanol–water partition coefficient (Wildman–Crippen LogP) is 5.42. The van der Waals surface area contributed by atoms with Crippen LogP contribution >= 0.6 is 0 Å². The lowest BCUT2D eigenvalue weighted by molar-refractivity contribution is -0.0563. The summed E-state index contributed by atoms with van der Waals surface area (Å²) in [4.78, 5) is 0. The Bertz CT molecular complexity index is 455. The summed E-state index contributed by atoms with van der Waals surface area (Å²) in [5, 5.41) is 10.1. The third kappa shape index (κ3) is 2.35. The molecule has 0 aromatic heterocycles. The second kappa shape index (κ2) is 5.48. The van der Waals surface area contributed by atoms with Gasteiger partial charge in [-0.15, -0.1) is 0 Å². The van der Waals surface area contributed by atoms with Gasteiger partial charge in [-0.3, -0.25) is 0 Å². The molecule has 4 unspecified atom stereocenters. The van der Waals surface area contributed by atoms with E-state index in [4.69, 9.17) is 0 Å². The zero-order valence-electron chi connectivity index (χ0n) is 15.1. The molecular formula is C22H36O. The van der Waals surface area contributed by atoms with Gasteiger partial charge in [-0.1, -0.05) is 6.92 Å². The summed E-state index contributed by atoms with van der Waals surface area (Å²) in [6.07, 6.45) is 17.1. The maximum absolute atomic E-state index is 10.1. The van der Waals surface area contributed by atoms with Crippen molar-refractivity contribution >= 4 is 0 Å². The lowest BCUT2D eigenvalue weighted by atomic mass is 9.50. The largest absolute Gasteiger partial charge is 0.393 e. The molecular weight excluding hydrogens is 280 g/mol. The van der Waals surface area contributed by atoms with Gasteiger partial charge in [0.1, 0.15) is 0 Å². The second-order valence-electron chi connectivity index (χ2n) is 10.3. The van der Waals surface area contributed by atoms with E-state index >= 15 is 0 Å². The van der Waals surface area contributed by atoms with Crippen LogP contribution in [-0.2, 0) is 0 Å². The Balaban J connectivity index is 1.38. The molecule has 23 heavy (non-hydrogen) atoms. The van der Waals surface area contributed by atoms with Crippen LogP contribution in [0, 0.1) is 46.8 Å². The minimum Gasteiger partial charge on any atom is -0.393 e. The summed E-state index contributed by atoms with van der Waals surface area (Å²) in [6, 6.07) is 0. The molecule has 5 saturated carbocycles. The Morgan fingerprint density at radius 1 is 0.609 bits per heavy atom. The second-order valence-corrected chi connectivity index (χ2v) is 10.3. The molecule has 0 aromatic rings. The van der Waals surface area contributed by atoms with Gasteiger partial charge < -0.3 is 5.11 Å². The zero-order valence-corrected chi connectivity index (χ0v) is 15.1. The van der Waals surface area contributed by atoms with E-state index in [-0.39, 0.29) is 6.10 Å². The molecule has 0 aromatic carbocycles. The predicted molar refractivity (Wildman–Crippen MR) is 93.9 cm³/mol. The van der Waals surface area contributed by atoms with Gasteiger partial charge in [-0.05, 0) is 124 Å². The molecule has 5 fully saturated rings. The number of hydrogen-bond donors (Lipinski definition) is 1. The molecule has 8 atom stereocenters. The minimum absolute atomic E-state index is 0.0126. The van der Waals surface area contributed by atoms with Crippen LogP contribution in [0.2, 0.25) is 0 Å². The first-order valence-electron chi connectivity index (χ1n) is 10.8. The Morgan fingerprint density at radius 2 is 1.26 bits per heavy atom. The van der Waals surface area contributed by atoms with E-state index in [0.29, 0.717) is 5.41 Å². The van der Waals surface area contributed by atoms with E-state index < -0.39 is 0 Å². The van der Waals surface area contributed by atoms with E-state index in [0.717, 1.165) is 54.3 Å². The molecule has 1 heteroatoms. The smallest absolute Gasteiger partial charge is 0.0540 e. The van der Waals surface area contributed by atoms with E-state index in [1.54, 1.807) is 25.7 Å². The van der Waals surface area contributed by atoms with Crippen molar-refractivity contribution in [1.82, 2.24) is 0 Å². The molecule has 5 aliphatic carbocycles. The number of rotatable bonds is 1. The number of fused-ring (bicyclic) bond motifs is 5. The van der Waals surface area contributed by atoms with Crippen LogP contribution in [0.3, 0.4) is 0 Å². The Hall–Kier alpha value is -0.0400. The highest BCUT2D eigenvalue weighted by molar-refractivity contribution is 5.08. The van der Waals surface area contributed by atoms with Gasteiger partial charge in [-0.2, -0.15) is 0 Å². The maximum atomic E-state index is 10.1. The molecule has 130 valence electrons. The third-order valence-electron chi connectivity index (χ3n) is 9.49. The summed E-state index contributed by atoms with van der Waals surface area (Å²) < 4.78 is 0. The van der Waals surface area contributed by atoms with Gasteiger partial charge in [0.25, 0.3) is 0 Å². The van der Waals surface area contributed by atoms with Crippen LogP contribution in [0.15, 0.2) is 0 Å². The molecule has 1 N–H and O–H groups in total. The molecule has 0 amide bonds. The fourth-order valence-electron chi connectivity index (χ4n) is 8.29. The zero-order chi connectivity index (χ0) is 15.6. The average molecular weight is 317 g/mol. The Labute approximate surface area is 142 Å². The van der Waals surface area contributed by atoms with Gasteiger partial charge in [0.05, 0.1) is 6.10 Å². The third-order valence-corrected chi connectivity index (χ3v) is 9.49. The summed E-state index contributed by atoms with van der Waals surface area (Å²) >= 11 is 0. The maximum Gasteiger partial charge on any atom is 0.0540 e. The number of aliphatic hydroxyl groups excluding tert-OH is 1. The van der Waals surface area contributed by atoms with E-state index in [9.17, 15) is 5.11 Å². The first kappa shape index (κ1) is 15.2. The molecule has 5 rings (SSSR count). The SMILES string of the molecule is C[C@]12CCC3C(CCC4CC[C@@H](O)CC[C@H]43)C1CC[C@@H]2C1CC1. The molecule has 0 saturated heterocycles. The lowest BCUT2D eigenvalue weighted by Crippen LogP contribution is -2.47. The highest BCUT2D eigenvalue weighted by atomic mass is 16.3. The van der Waals surface area contributed by atoms with Crippen LogP contribution in [-0.4, -0.2) is 11.2 Å². The summed E-state index contributed by atoms with van der Waals surface area (Å²) in [5.74, 6) is 7.26. The first-order valence-corrected chi connectivity index (χ1v) is 10.8. The van der Waals surface area contributed by atoms with Crippen molar-refractivity contribution in [2.75, 3.05) is 0 Å². The monoisotopic (exact) mass is 316 g/mol. The lowest BCUT2D eigenvalue weighted by Gasteiger charge is -2.55. The molecule has 0 aliphatic heterocycles. The van der Waals surface area contributed by atoms with Gasteiger partial charge in [0.2, 0.25) is 0 Å². The summed E-state index contributed by atoms with van der Waals surface area (Å²) in [5.41, 5.74) is 0.708. The fourth-order valence-corrected chi connectivity index (χ4v) is 8.29. The molecule has 1 nitrogen and oxygen atoms in total. The van der Waals surface area contributed by atoms with Crippen LogP contribution in [0.5, 0.6) is 0 Å². The highest BCUT2D eigenvalue weighted by Gasteiger charge is 2.58. The number of aliphatic hydroxyl groups is 1. The van der Waals surface area contributed by atoms with Gasteiger partial charge in [-0.25, -0.2) is 0 Å². The minimum atomic E-state index is 0.0126. The Morgan fingerprint density at radius 3 is 2.09 bits per heavy atom.